The summed E-state index contributed by atoms with van der Waals surface area (Å²) >= 11 is 6.13. The van der Waals surface area contributed by atoms with Gasteiger partial charge in [-0.1, -0.05) is 37.3 Å². The van der Waals surface area contributed by atoms with Crippen molar-refractivity contribution in [2.45, 2.75) is 44.8 Å². The molecule has 1 saturated carbocycles. The molecule has 0 radical (unpaired) electrons. The van der Waals surface area contributed by atoms with Gasteiger partial charge in [0.1, 0.15) is 12.4 Å². The maximum absolute atomic E-state index is 12.6. The van der Waals surface area contributed by atoms with Crippen LogP contribution in [-0.4, -0.2) is 32.0 Å². The van der Waals surface area contributed by atoms with Crippen molar-refractivity contribution < 1.29 is 9.90 Å². The van der Waals surface area contributed by atoms with Crippen LogP contribution in [0.3, 0.4) is 0 Å². The monoisotopic (exact) mass is 392 g/mol. The fourth-order valence-corrected chi connectivity index (χ4v) is 3.52. The summed E-state index contributed by atoms with van der Waals surface area (Å²) in [5.41, 5.74) is -0.958. The highest BCUT2D eigenvalue weighted by molar-refractivity contribution is 6.33. The molecule has 1 fully saturated rings. The Bertz CT molecular complexity index is 931. The van der Waals surface area contributed by atoms with E-state index < -0.39 is 23.4 Å². The number of carbonyl (C=O) groups is 1. The number of aromatic amines is 1. The number of nitrogens with zero attached hydrogens (tertiary/aromatic N) is 2. The number of aliphatic hydroxyl groups is 1. The molecule has 1 unspecified atom stereocenters. The van der Waals surface area contributed by atoms with E-state index in [-0.39, 0.29) is 22.2 Å². The lowest BCUT2D eigenvalue weighted by Crippen LogP contribution is -2.40. The topological polar surface area (TPSA) is 117 Å². The third-order valence-electron chi connectivity index (χ3n) is 4.78. The molecule has 0 bridgehead atoms. The summed E-state index contributed by atoms with van der Waals surface area (Å²) in [5, 5.41) is 16.9. The van der Waals surface area contributed by atoms with E-state index in [0.717, 1.165) is 49.4 Å². The van der Waals surface area contributed by atoms with E-state index in [1.54, 1.807) is 0 Å². The summed E-state index contributed by atoms with van der Waals surface area (Å²) in [6.45, 7) is 0. The molecule has 27 heavy (non-hydrogen) atoms. The third-order valence-corrected chi connectivity index (χ3v) is 5.11. The van der Waals surface area contributed by atoms with Gasteiger partial charge in [-0.05, 0) is 31.0 Å². The van der Waals surface area contributed by atoms with Gasteiger partial charge in [-0.15, -0.1) is 0 Å². The Morgan fingerprint density at radius 3 is 2.63 bits per heavy atom. The molecule has 1 aliphatic carbocycles. The van der Waals surface area contributed by atoms with Gasteiger partial charge in [0.15, 0.2) is 0 Å². The van der Waals surface area contributed by atoms with E-state index in [9.17, 15) is 19.5 Å². The zero-order chi connectivity index (χ0) is 19.4. The van der Waals surface area contributed by atoms with Crippen molar-refractivity contribution in [3.8, 4) is 5.69 Å². The molecule has 3 N–H and O–H groups in total. The fourth-order valence-electron chi connectivity index (χ4n) is 3.31. The van der Waals surface area contributed by atoms with E-state index in [1.807, 2.05) is 0 Å². The average Bonchev–Trinajstić information content (AvgIpc) is 2.92. The van der Waals surface area contributed by atoms with Crippen LogP contribution < -0.4 is 16.6 Å². The molecule has 1 aliphatic rings. The summed E-state index contributed by atoms with van der Waals surface area (Å²) in [7, 11) is 0. The lowest BCUT2D eigenvalue weighted by molar-refractivity contribution is 0.0532. The maximum Gasteiger partial charge on any atom is 0.349 e. The SMILES string of the molecule is O=C(NC(O)C1CCCCCC1)c1cc(-n2ncc(=O)[nH]c2=O)ccc1Cl. The standard InChI is InChI=1S/C18H21ClN4O4/c19-14-8-7-12(23-18(27)21-15(24)10-20-23)9-13(14)17(26)22-16(25)11-5-3-1-2-4-6-11/h7-11,16,25H,1-6H2,(H,22,26)(H,21,24,27). The molecule has 1 atom stereocenters. The number of hydrogen-bond donors (Lipinski definition) is 3. The Kier molecular flexibility index (Phi) is 6.08. The molecule has 1 amide bonds. The predicted octanol–water partition coefficient (Wildman–Crippen LogP) is 1.59. The smallest absolute Gasteiger partial charge is 0.349 e. The molecule has 0 spiro atoms. The minimum absolute atomic E-state index is 0.0156. The second-order valence-corrected chi connectivity index (χ2v) is 7.09. The van der Waals surface area contributed by atoms with Crippen LogP contribution >= 0.6 is 11.6 Å². The second kappa shape index (κ2) is 8.49. The van der Waals surface area contributed by atoms with Crippen LogP contribution in [0, 0.1) is 5.92 Å². The van der Waals surface area contributed by atoms with Crippen LogP contribution in [0.15, 0.2) is 34.0 Å². The number of halogens is 1. The van der Waals surface area contributed by atoms with Gasteiger partial charge in [0, 0.05) is 5.92 Å². The lowest BCUT2D eigenvalue weighted by atomic mass is 9.98. The van der Waals surface area contributed by atoms with E-state index in [0.29, 0.717) is 0 Å². The fraction of sp³-hybridized carbons (Fsp3) is 0.444. The van der Waals surface area contributed by atoms with E-state index >= 15 is 0 Å². The normalized spacial score (nSPS) is 16.5. The van der Waals surface area contributed by atoms with Crippen molar-refractivity contribution in [1.29, 1.82) is 0 Å². The van der Waals surface area contributed by atoms with E-state index in [2.05, 4.69) is 15.4 Å². The van der Waals surface area contributed by atoms with Gasteiger partial charge in [0.2, 0.25) is 0 Å². The van der Waals surface area contributed by atoms with Crippen LogP contribution in [-0.2, 0) is 0 Å². The summed E-state index contributed by atoms with van der Waals surface area (Å²) < 4.78 is 0.955. The van der Waals surface area contributed by atoms with Gasteiger partial charge in [-0.2, -0.15) is 9.78 Å². The number of amides is 1. The molecule has 1 aromatic carbocycles. The zero-order valence-electron chi connectivity index (χ0n) is 14.7. The van der Waals surface area contributed by atoms with Crippen molar-refractivity contribution in [3.63, 3.8) is 0 Å². The molecule has 144 valence electrons. The van der Waals surface area contributed by atoms with Crippen LogP contribution in [0.5, 0.6) is 0 Å². The lowest BCUT2D eigenvalue weighted by Gasteiger charge is -2.22. The van der Waals surface area contributed by atoms with Gasteiger partial charge in [-0.25, -0.2) is 4.79 Å². The van der Waals surface area contributed by atoms with E-state index in [1.165, 1.54) is 18.2 Å². The molecule has 8 nitrogen and oxygen atoms in total. The Morgan fingerprint density at radius 1 is 1.26 bits per heavy atom. The quantitative estimate of drug-likeness (QED) is 0.539. The molecule has 1 heterocycles. The highest BCUT2D eigenvalue weighted by atomic mass is 35.5. The predicted molar refractivity (Wildman–Crippen MR) is 100 cm³/mol. The summed E-state index contributed by atoms with van der Waals surface area (Å²) in [6.07, 6.45) is 6.11. The van der Waals surface area contributed by atoms with Crippen molar-refractivity contribution in [2.75, 3.05) is 0 Å². The average molecular weight is 393 g/mol. The van der Waals surface area contributed by atoms with Crippen molar-refractivity contribution in [3.05, 3.63) is 55.8 Å². The number of aromatic nitrogens is 3. The summed E-state index contributed by atoms with van der Waals surface area (Å²) in [5.74, 6) is -0.516. The number of hydrogen-bond acceptors (Lipinski definition) is 5. The number of benzene rings is 1. The van der Waals surface area contributed by atoms with Gasteiger partial charge >= 0.3 is 5.69 Å². The summed E-state index contributed by atoms with van der Waals surface area (Å²) in [6, 6.07) is 4.36. The molecular weight excluding hydrogens is 372 g/mol. The molecule has 0 saturated heterocycles. The molecule has 2 aromatic rings. The molecular formula is C18H21ClN4O4. The zero-order valence-corrected chi connectivity index (χ0v) is 15.4. The van der Waals surface area contributed by atoms with Crippen molar-refractivity contribution in [2.24, 2.45) is 5.92 Å². The number of H-pyrrole nitrogens is 1. The molecule has 9 heteroatoms. The molecule has 0 aliphatic heterocycles. The Balaban J connectivity index is 1.82. The summed E-state index contributed by atoms with van der Waals surface area (Å²) in [4.78, 5) is 37.8. The minimum atomic E-state index is -0.954. The number of rotatable bonds is 4. The number of nitrogens with one attached hydrogen (secondary N) is 2. The molecule has 3 rings (SSSR count). The van der Waals surface area contributed by atoms with E-state index in [4.69, 9.17) is 11.6 Å². The first-order chi connectivity index (χ1) is 13.0. The van der Waals surface area contributed by atoms with Gasteiger partial charge in [0.05, 0.1) is 16.3 Å². The van der Waals surface area contributed by atoms with Crippen LogP contribution in [0.4, 0.5) is 0 Å². The van der Waals surface area contributed by atoms with Gasteiger partial charge in [-0.3, -0.25) is 14.6 Å². The first-order valence-corrected chi connectivity index (χ1v) is 9.31. The van der Waals surface area contributed by atoms with Crippen LogP contribution in [0.1, 0.15) is 48.9 Å². The Labute approximate surface area is 160 Å². The van der Waals surface area contributed by atoms with Crippen molar-refractivity contribution >= 4 is 17.5 Å². The van der Waals surface area contributed by atoms with Crippen LogP contribution in [0.25, 0.3) is 5.69 Å². The Morgan fingerprint density at radius 2 is 1.96 bits per heavy atom. The number of aliphatic hydroxyl groups excluding tert-OH is 1. The first-order valence-electron chi connectivity index (χ1n) is 8.93. The minimum Gasteiger partial charge on any atom is -0.373 e. The van der Waals surface area contributed by atoms with Crippen LogP contribution in [0.2, 0.25) is 5.02 Å². The third kappa shape index (κ3) is 4.64. The van der Waals surface area contributed by atoms with Gasteiger partial charge < -0.3 is 10.4 Å². The molecule has 1 aromatic heterocycles. The maximum atomic E-state index is 12.6. The number of carbonyl (C=O) groups excluding carboxylic acids is 1. The Hall–Kier alpha value is -2.45. The van der Waals surface area contributed by atoms with Crippen molar-refractivity contribution in [1.82, 2.24) is 20.1 Å². The highest BCUT2D eigenvalue weighted by Gasteiger charge is 2.23. The van der Waals surface area contributed by atoms with Gasteiger partial charge in [0.25, 0.3) is 11.5 Å². The largest absolute Gasteiger partial charge is 0.373 e. The first kappa shape index (κ1) is 19.3. The second-order valence-electron chi connectivity index (χ2n) is 6.68. The highest BCUT2D eigenvalue weighted by Crippen LogP contribution is 2.25.